The van der Waals surface area contributed by atoms with Gasteiger partial charge in [0.2, 0.25) is 0 Å². The predicted octanol–water partition coefficient (Wildman–Crippen LogP) is 3.78. The Bertz CT molecular complexity index is 586. The summed E-state index contributed by atoms with van der Waals surface area (Å²) in [6.07, 6.45) is 0. The van der Waals surface area contributed by atoms with E-state index in [1.54, 1.807) is 14.2 Å². The molecule has 2 aromatic carbocycles. The topological polar surface area (TPSA) is 30.5 Å². The molecule has 0 spiro atoms. The Morgan fingerprint density at radius 3 is 2.25 bits per heavy atom. The molecule has 1 unspecified atom stereocenters. The summed E-state index contributed by atoms with van der Waals surface area (Å²) in [6.45, 7) is 0. The van der Waals surface area contributed by atoms with Gasteiger partial charge in [-0.1, -0.05) is 34.1 Å². The molecule has 0 aliphatic carbocycles. The molecule has 0 aromatic heterocycles. The first-order chi connectivity index (χ1) is 9.71. The monoisotopic (exact) mass is 335 g/mol. The Kier molecular flexibility index (Phi) is 5.04. The second kappa shape index (κ2) is 6.77. The van der Waals surface area contributed by atoms with Crippen LogP contribution in [0.25, 0.3) is 0 Å². The standard InChI is InChI=1S/C16H18BrNO2/c1-18-16(12-6-4-5-7-14(12)19-2)13-10-11(17)8-9-15(13)20-3/h4-10,16,18H,1-3H3. The van der Waals surface area contributed by atoms with E-state index in [0.717, 1.165) is 27.1 Å². The molecule has 0 fully saturated rings. The first kappa shape index (κ1) is 14.9. The van der Waals surface area contributed by atoms with Crippen molar-refractivity contribution in [2.75, 3.05) is 21.3 Å². The fourth-order valence-corrected chi connectivity index (χ4v) is 2.69. The van der Waals surface area contributed by atoms with Crippen LogP contribution in [0, 0.1) is 0 Å². The van der Waals surface area contributed by atoms with Crippen molar-refractivity contribution in [3.8, 4) is 11.5 Å². The maximum atomic E-state index is 5.48. The van der Waals surface area contributed by atoms with Crippen molar-refractivity contribution in [1.82, 2.24) is 5.32 Å². The third-order valence-electron chi connectivity index (χ3n) is 3.24. The summed E-state index contributed by atoms with van der Waals surface area (Å²) >= 11 is 3.52. The molecular formula is C16H18BrNO2. The van der Waals surface area contributed by atoms with Crippen LogP contribution in [0.3, 0.4) is 0 Å². The lowest BCUT2D eigenvalue weighted by Gasteiger charge is -2.22. The molecule has 4 heteroatoms. The maximum Gasteiger partial charge on any atom is 0.124 e. The molecule has 0 aliphatic heterocycles. The number of rotatable bonds is 5. The highest BCUT2D eigenvalue weighted by Crippen LogP contribution is 2.35. The van der Waals surface area contributed by atoms with Crippen LogP contribution in [0.15, 0.2) is 46.9 Å². The molecule has 106 valence electrons. The molecule has 0 saturated heterocycles. The Labute approximate surface area is 128 Å². The molecule has 1 N–H and O–H groups in total. The van der Waals surface area contributed by atoms with Gasteiger partial charge >= 0.3 is 0 Å². The largest absolute Gasteiger partial charge is 0.496 e. The molecule has 2 rings (SSSR count). The summed E-state index contributed by atoms with van der Waals surface area (Å²) < 4.78 is 12.0. The van der Waals surface area contributed by atoms with E-state index in [1.807, 2.05) is 37.4 Å². The molecular weight excluding hydrogens is 318 g/mol. The number of hydrogen-bond acceptors (Lipinski definition) is 3. The summed E-state index contributed by atoms with van der Waals surface area (Å²) in [5.74, 6) is 1.70. The number of hydrogen-bond donors (Lipinski definition) is 1. The molecule has 0 heterocycles. The van der Waals surface area contributed by atoms with E-state index < -0.39 is 0 Å². The van der Waals surface area contributed by atoms with E-state index in [-0.39, 0.29) is 6.04 Å². The Hall–Kier alpha value is -1.52. The van der Waals surface area contributed by atoms with Gasteiger partial charge in [0, 0.05) is 15.6 Å². The summed E-state index contributed by atoms with van der Waals surface area (Å²) in [5, 5.41) is 3.33. The first-order valence-electron chi connectivity index (χ1n) is 6.35. The molecule has 0 saturated carbocycles. The van der Waals surface area contributed by atoms with Crippen LogP contribution in [0.1, 0.15) is 17.2 Å². The van der Waals surface area contributed by atoms with Crippen molar-refractivity contribution < 1.29 is 9.47 Å². The van der Waals surface area contributed by atoms with Gasteiger partial charge in [0.1, 0.15) is 11.5 Å². The van der Waals surface area contributed by atoms with Gasteiger partial charge in [-0.05, 0) is 31.3 Å². The molecule has 20 heavy (non-hydrogen) atoms. The van der Waals surface area contributed by atoms with Gasteiger partial charge < -0.3 is 14.8 Å². The van der Waals surface area contributed by atoms with Crippen LogP contribution in [0.4, 0.5) is 0 Å². The zero-order valence-corrected chi connectivity index (χ0v) is 13.4. The lowest BCUT2D eigenvalue weighted by Crippen LogP contribution is -2.19. The van der Waals surface area contributed by atoms with E-state index in [2.05, 4.69) is 33.4 Å². The molecule has 0 aliphatic rings. The lowest BCUT2D eigenvalue weighted by molar-refractivity contribution is 0.396. The van der Waals surface area contributed by atoms with Crippen LogP contribution in [0.5, 0.6) is 11.5 Å². The number of methoxy groups -OCH3 is 2. The maximum absolute atomic E-state index is 5.48. The van der Waals surface area contributed by atoms with Crippen molar-refractivity contribution in [2.24, 2.45) is 0 Å². The van der Waals surface area contributed by atoms with Gasteiger partial charge in [-0.25, -0.2) is 0 Å². The summed E-state index contributed by atoms with van der Waals surface area (Å²) in [7, 11) is 5.29. The number of benzene rings is 2. The van der Waals surface area contributed by atoms with Crippen LogP contribution in [-0.2, 0) is 0 Å². The normalized spacial score (nSPS) is 12.0. The second-order valence-electron chi connectivity index (χ2n) is 4.35. The molecule has 0 bridgehead atoms. The zero-order valence-electron chi connectivity index (χ0n) is 11.8. The van der Waals surface area contributed by atoms with Crippen molar-refractivity contribution >= 4 is 15.9 Å². The molecule has 1 atom stereocenters. The van der Waals surface area contributed by atoms with Gasteiger partial charge in [0.05, 0.1) is 20.3 Å². The Morgan fingerprint density at radius 2 is 1.60 bits per heavy atom. The van der Waals surface area contributed by atoms with Gasteiger partial charge in [0.15, 0.2) is 0 Å². The SMILES string of the molecule is CNC(c1ccccc1OC)c1cc(Br)ccc1OC. The highest BCUT2D eigenvalue weighted by Gasteiger charge is 2.20. The molecule has 0 radical (unpaired) electrons. The lowest BCUT2D eigenvalue weighted by atomic mass is 9.97. The number of para-hydroxylation sites is 1. The van der Waals surface area contributed by atoms with Crippen molar-refractivity contribution in [3.05, 3.63) is 58.1 Å². The van der Waals surface area contributed by atoms with Crippen molar-refractivity contribution in [3.63, 3.8) is 0 Å². The fourth-order valence-electron chi connectivity index (χ4n) is 2.31. The number of ether oxygens (including phenoxy) is 2. The van der Waals surface area contributed by atoms with Crippen LogP contribution < -0.4 is 14.8 Å². The van der Waals surface area contributed by atoms with Crippen LogP contribution >= 0.6 is 15.9 Å². The van der Waals surface area contributed by atoms with Crippen LogP contribution in [-0.4, -0.2) is 21.3 Å². The van der Waals surface area contributed by atoms with E-state index in [0.29, 0.717) is 0 Å². The van der Waals surface area contributed by atoms with E-state index in [4.69, 9.17) is 9.47 Å². The minimum Gasteiger partial charge on any atom is -0.496 e. The second-order valence-corrected chi connectivity index (χ2v) is 5.27. The molecule has 0 amide bonds. The highest BCUT2D eigenvalue weighted by atomic mass is 79.9. The van der Waals surface area contributed by atoms with Gasteiger partial charge in [0.25, 0.3) is 0 Å². The van der Waals surface area contributed by atoms with Crippen LogP contribution in [0.2, 0.25) is 0 Å². The average molecular weight is 336 g/mol. The third-order valence-corrected chi connectivity index (χ3v) is 3.73. The quantitative estimate of drug-likeness (QED) is 0.902. The first-order valence-corrected chi connectivity index (χ1v) is 7.14. The van der Waals surface area contributed by atoms with Crippen molar-refractivity contribution in [1.29, 1.82) is 0 Å². The number of nitrogens with one attached hydrogen (secondary N) is 1. The fraction of sp³-hybridized carbons (Fsp3) is 0.250. The van der Waals surface area contributed by atoms with E-state index >= 15 is 0 Å². The Balaban J connectivity index is 2.55. The van der Waals surface area contributed by atoms with Gasteiger partial charge in [-0.3, -0.25) is 0 Å². The smallest absolute Gasteiger partial charge is 0.124 e. The molecule has 3 nitrogen and oxygen atoms in total. The summed E-state index contributed by atoms with van der Waals surface area (Å²) in [6, 6.07) is 14.0. The summed E-state index contributed by atoms with van der Waals surface area (Å²) in [4.78, 5) is 0. The average Bonchev–Trinajstić information content (AvgIpc) is 2.49. The highest BCUT2D eigenvalue weighted by molar-refractivity contribution is 9.10. The summed E-state index contributed by atoms with van der Waals surface area (Å²) in [5.41, 5.74) is 2.14. The van der Waals surface area contributed by atoms with Gasteiger partial charge in [-0.2, -0.15) is 0 Å². The molecule has 2 aromatic rings. The Morgan fingerprint density at radius 1 is 0.950 bits per heavy atom. The minimum atomic E-state index is -0.00130. The predicted molar refractivity (Wildman–Crippen MR) is 84.6 cm³/mol. The third kappa shape index (κ3) is 2.97. The van der Waals surface area contributed by atoms with E-state index in [9.17, 15) is 0 Å². The van der Waals surface area contributed by atoms with Crippen molar-refractivity contribution in [2.45, 2.75) is 6.04 Å². The van der Waals surface area contributed by atoms with E-state index in [1.165, 1.54) is 0 Å². The minimum absolute atomic E-state index is 0.00130. The van der Waals surface area contributed by atoms with Gasteiger partial charge in [-0.15, -0.1) is 0 Å². The zero-order chi connectivity index (χ0) is 14.5. The number of halogens is 1.